The molecule has 0 spiro atoms. The summed E-state index contributed by atoms with van der Waals surface area (Å²) in [6.07, 6.45) is 7.02. The van der Waals surface area contributed by atoms with Gasteiger partial charge in [0.15, 0.2) is 0 Å². The third kappa shape index (κ3) is 3.00. The lowest BCUT2D eigenvalue weighted by Crippen LogP contribution is -2.36. The molecule has 0 unspecified atom stereocenters. The van der Waals surface area contributed by atoms with Gasteiger partial charge in [0.1, 0.15) is 0 Å². The SMILES string of the molecule is CCC(C)(C)C1CCC(O)(c2ccc(C)nc2)CC1. The first kappa shape index (κ1) is 14.5. The van der Waals surface area contributed by atoms with E-state index in [1.807, 2.05) is 25.3 Å². The molecule has 19 heavy (non-hydrogen) atoms. The molecule has 0 aliphatic heterocycles. The summed E-state index contributed by atoms with van der Waals surface area (Å²) in [5.41, 5.74) is 1.74. The number of aliphatic hydroxyl groups is 1. The van der Waals surface area contributed by atoms with Crippen LogP contribution in [0.4, 0.5) is 0 Å². The fourth-order valence-electron chi connectivity index (χ4n) is 3.20. The maximum absolute atomic E-state index is 10.8. The van der Waals surface area contributed by atoms with Gasteiger partial charge in [-0.1, -0.05) is 33.3 Å². The normalized spacial score (nSPS) is 28.4. The zero-order chi connectivity index (χ0) is 14.1. The molecule has 2 nitrogen and oxygen atoms in total. The highest BCUT2D eigenvalue weighted by Crippen LogP contribution is 2.46. The molecule has 0 atom stereocenters. The van der Waals surface area contributed by atoms with E-state index in [4.69, 9.17) is 0 Å². The highest BCUT2D eigenvalue weighted by Gasteiger charge is 2.39. The summed E-state index contributed by atoms with van der Waals surface area (Å²) in [5, 5.41) is 10.8. The van der Waals surface area contributed by atoms with Gasteiger partial charge in [0.2, 0.25) is 0 Å². The molecule has 1 saturated carbocycles. The van der Waals surface area contributed by atoms with E-state index in [-0.39, 0.29) is 0 Å². The molecule has 2 heteroatoms. The van der Waals surface area contributed by atoms with Crippen molar-refractivity contribution in [2.75, 3.05) is 0 Å². The van der Waals surface area contributed by atoms with Crippen molar-refractivity contribution >= 4 is 0 Å². The van der Waals surface area contributed by atoms with Gasteiger partial charge in [-0.3, -0.25) is 4.98 Å². The molecule has 0 aromatic carbocycles. The van der Waals surface area contributed by atoms with Crippen molar-refractivity contribution in [1.29, 1.82) is 0 Å². The lowest BCUT2D eigenvalue weighted by atomic mass is 9.65. The molecule has 0 amide bonds. The van der Waals surface area contributed by atoms with Gasteiger partial charge in [-0.15, -0.1) is 0 Å². The number of aromatic nitrogens is 1. The molecule has 0 saturated heterocycles. The maximum Gasteiger partial charge on any atom is 0.0911 e. The van der Waals surface area contributed by atoms with E-state index in [1.165, 1.54) is 6.42 Å². The second-order valence-corrected chi connectivity index (χ2v) is 6.84. The van der Waals surface area contributed by atoms with E-state index in [0.717, 1.165) is 42.9 Å². The molecule has 1 N–H and O–H groups in total. The molecule has 1 aliphatic carbocycles. The first-order chi connectivity index (χ1) is 8.87. The maximum atomic E-state index is 10.8. The number of rotatable bonds is 3. The van der Waals surface area contributed by atoms with E-state index in [1.54, 1.807) is 0 Å². The second kappa shape index (κ2) is 5.24. The predicted octanol–water partition coefficient (Wildman–Crippen LogP) is 4.20. The largest absolute Gasteiger partial charge is 0.385 e. The molecule has 1 aliphatic rings. The number of nitrogens with zero attached hydrogens (tertiary/aromatic N) is 1. The highest BCUT2D eigenvalue weighted by molar-refractivity contribution is 5.21. The standard InChI is InChI=1S/C17H27NO/c1-5-16(3,4)14-8-10-17(19,11-9-14)15-7-6-13(2)18-12-15/h6-7,12,14,19H,5,8-11H2,1-4H3. The van der Waals surface area contributed by atoms with Gasteiger partial charge in [0.25, 0.3) is 0 Å². The van der Waals surface area contributed by atoms with Crippen molar-refractivity contribution < 1.29 is 5.11 Å². The van der Waals surface area contributed by atoms with Crippen molar-refractivity contribution in [3.8, 4) is 0 Å². The van der Waals surface area contributed by atoms with Gasteiger partial charge < -0.3 is 5.11 Å². The molecule has 2 rings (SSSR count). The Morgan fingerprint density at radius 2 is 1.95 bits per heavy atom. The van der Waals surface area contributed by atoms with Gasteiger partial charge in [-0.05, 0) is 50.0 Å². The Bertz CT molecular complexity index is 413. The second-order valence-electron chi connectivity index (χ2n) is 6.84. The molecule has 1 fully saturated rings. The lowest BCUT2D eigenvalue weighted by Gasteiger charge is -2.42. The average molecular weight is 261 g/mol. The fraction of sp³-hybridized carbons (Fsp3) is 0.706. The van der Waals surface area contributed by atoms with Crippen molar-refractivity contribution in [2.45, 2.75) is 65.4 Å². The minimum atomic E-state index is -0.652. The van der Waals surface area contributed by atoms with Crippen molar-refractivity contribution in [3.63, 3.8) is 0 Å². The average Bonchev–Trinajstić information content (AvgIpc) is 2.40. The van der Waals surface area contributed by atoms with Crippen LogP contribution < -0.4 is 0 Å². The summed E-state index contributed by atoms with van der Waals surface area (Å²) < 4.78 is 0. The van der Waals surface area contributed by atoms with Gasteiger partial charge in [-0.25, -0.2) is 0 Å². The van der Waals surface area contributed by atoms with Crippen LogP contribution in [0.3, 0.4) is 0 Å². The zero-order valence-electron chi connectivity index (χ0n) is 12.7. The monoisotopic (exact) mass is 261 g/mol. The van der Waals surface area contributed by atoms with Crippen molar-refractivity contribution in [1.82, 2.24) is 4.98 Å². The Labute approximate surface area is 117 Å². The van der Waals surface area contributed by atoms with Gasteiger partial charge >= 0.3 is 0 Å². The Morgan fingerprint density at radius 1 is 1.32 bits per heavy atom. The third-order valence-corrected chi connectivity index (χ3v) is 5.28. The quantitative estimate of drug-likeness (QED) is 0.884. The molecule has 0 bridgehead atoms. The van der Waals surface area contributed by atoms with Gasteiger partial charge in [-0.2, -0.15) is 0 Å². The van der Waals surface area contributed by atoms with Crippen LogP contribution in [-0.2, 0) is 5.60 Å². The first-order valence-corrected chi connectivity index (χ1v) is 7.53. The zero-order valence-corrected chi connectivity index (χ0v) is 12.7. The smallest absolute Gasteiger partial charge is 0.0911 e. The number of hydrogen-bond donors (Lipinski definition) is 1. The summed E-state index contributed by atoms with van der Waals surface area (Å²) in [4.78, 5) is 4.32. The van der Waals surface area contributed by atoms with Crippen LogP contribution in [0.25, 0.3) is 0 Å². The lowest BCUT2D eigenvalue weighted by molar-refractivity contribution is -0.0330. The van der Waals surface area contributed by atoms with Crippen molar-refractivity contribution in [3.05, 3.63) is 29.6 Å². The van der Waals surface area contributed by atoms with Crippen LogP contribution in [0.15, 0.2) is 18.3 Å². The minimum Gasteiger partial charge on any atom is -0.385 e. The van der Waals surface area contributed by atoms with E-state index in [2.05, 4.69) is 25.8 Å². The Morgan fingerprint density at radius 3 is 2.42 bits per heavy atom. The Balaban J connectivity index is 2.08. The summed E-state index contributed by atoms with van der Waals surface area (Å²) in [5.74, 6) is 0.733. The predicted molar refractivity (Wildman–Crippen MR) is 78.9 cm³/mol. The van der Waals surface area contributed by atoms with Crippen LogP contribution >= 0.6 is 0 Å². The molecule has 1 aromatic rings. The molecule has 106 valence electrons. The molecule has 1 aromatic heterocycles. The summed E-state index contributed by atoms with van der Waals surface area (Å²) in [6, 6.07) is 4.03. The van der Waals surface area contributed by atoms with E-state index >= 15 is 0 Å². The highest BCUT2D eigenvalue weighted by atomic mass is 16.3. The number of pyridine rings is 1. The molecular weight excluding hydrogens is 234 g/mol. The van der Waals surface area contributed by atoms with Crippen LogP contribution in [0.1, 0.15) is 64.1 Å². The summed E-state index contributed by atoms with van der Waals surface area (Å²) >= 11 is 0. The van der Waals surface area contributed by atoms with E-state index < -0.39 is 5.60 Å². The molecular formula is C17H27NO. The number of hydrogen-bond acceptors (Lipinski definition) is 2. The van der Waals surface area contributed by atoms with Crippen LogP contribution in [-0.4, -0.2) is 10.1 Å². The topological polar surface area (TPSA) is 33.1 Å². The Hall–Kier alpha value is -0.890. The van der Waals surface area contributed by atoms with Crippen molar-refractivity contribution in [2.24, 2.45) is 11.3 Å². The third-order valence-electron chi connectivity index (χ3n) is 5.28. The Kier molecular flexibility index (Phi) is 4.00. The summed E-state index contributed by atoms with van der Waals surface area (Å²) in [6.45, 7) is 8.96. The first-order valence-electron chi connectivity index (χ1n) is 7.53. The van der Waals surface area contributed by atoms with Gasteiger partial charge in [0, 0.05) is 17.5 Å². The van der Waals surface area contributed by atoms with Gasteiger partial charge in [0.05, 0.1) is 5.60 Å². The molecule has 1 heterocycles. The minimum absolute atomic E-state index is 0.396. The van der Waals surface area contributed by atoms with E-state index in [9.17, 15) is 5.11 Å². The molecule has 0 radical (unpaired) electrons. The number of aryl methyl sites for hydroxylation is 1. The van der Waals surface area contributed by atoms with Crippen LogP contribution in [0.5, 0.6) is 0 Å². The fourth-order valence-corrected chi connectivity index (χ4v) is 3.20. The van der Waals surface area contributed by atoms with E-state index in [0.29, 0.717) is 5.41 Å². The van der Waals surface area contributed by atoms with Crippen LogP contribution in [0, 0.1) is 18.3 Å². The summed E-state index contributed by atoms with van der Waals surface area (Å²) in [7, 11) is 0. The van der Waals surface area contributed by atoms with Crippen LogP contribution in [0.2, 0.25) is 0 Å².